The molecule has 0 bridgehead atoms. The van der Waals surface area contributed by atoms with Gasteiger partial charge in [-0.2, -0.15) is 0 Å². The molecule has 1 aromatic carbocycles. The normalized spacial score (nSPS) is 17.0. The van der Waals surface area contributed by atoms with Crippen molar-refractivity contribution in [2.75, 3.05) is 26.7 Å². The molecule has 6 heteroatoms. The quantitative estimate of drug-likeness (QED) is 0.733. The summed E-state index contributed by atoms with van der Waals surface area (Å²) in [5, 5.41) is 6.32. The van der Waals surface area contributed by atoms with Gasteiger partial charge in [-0.25, -0.2) is 0 Å². The van der Waals surface area contributed by atoms with Crippen molar-refractivity contribution in [3.05, 3.63) is 35.9 Å². The van der Waals surface area contributed by atoms with E-state index in [1.165, 1.54) is 12.0 Å². The van der Waals surface area contributed by atoms with E-state index in [0.29, 0.717) is 0 Å². The maximum atomic E-state index is 11.9. The fourth-order valence-corrected chi connectivity index (χ4v) is 2.73. The van der Waals surface area contributed by atoms with Crippen molar-refractivity contribution in [2.24, 2.45) is 0 Å². The average Bonchev–Trinajstić information content (AvgIpc) is 2.53. The Morgan fingerprint density at radius 3 is 2.65 bits per heavy atom. The summed E-state index contributed by atoms with van der Waals surface area (Å²) in [6.07, 6.45) is 4.31. The summed E-state index contributed by atoms with van der Waals surface area (Å²) in [6, 6.07) is 10.5. The number of carbonyl (C=O) groups excluding carboxylic acids is 1. The van der Waals surface area contributed by atoms with Crippen LogP contribution < -0.4 is 10.6 Å². The lowest BCUT2D eigenvalue weighted by Gasteiger charge is -2.23. The highest BCUT2D eigenvalue weighted by Gasteiger charge is 2.19. The van der Waals surface area contributed by atoms with Crippen LogP contribution in [0.1, 0.15) is 31.2 Å². The van der Waals surface area contributed by atoms with E-state index in [2.05, 4.69) is 46.8 Å². The second-order valence-corrected chi connectivity index (χ2v) is 5.87. The Morgan fingerprint density at radius 1 is 1.26 bits per heavy atom. The fraction of sp³-hybridized carbons (Fsp3) is 0.588. The number of carbonyl (C=O) groups is 1. The predicted molar refractivity (Wildman–Crippen MR) is 101 cm³/mol. The highest BCUT2D eigenvalue weighted by Crippen LogP contribution is 2.07. The van der Waals surface area contributed by atoms with E-state index in [9.17, 15) is 4.79 Å². The number of hydrogen-bond acceptors (Lipinski definition) is 3. The van der Waals surface area contributed by atoms with Crippen LogP contribution in [0.25, 0.3) is 0 Å². The number of piperidine rings is 1. The lowest BCUT2D eigenvalue weighted by Crippen LogP contribution is -2.47. The third kappa shape index (κ3) is 8.56. The van der Waals surface area contributed by atoms with Crippen molar-refractivity contribution >= 4 is 30.7 Å². The summed E-state index contributed by atoms with van der Waals surface area (Å²) in [4.78, 5) is 14.2. The molecule has 2 rings (SSSR count). The van der Waals surface area contributed by atoms with Gasteiger partial charge in [-0.1, -0.05) is 36.8 Å². The molecule has 0 aromatic heterocycles. The van der Waals surface area contributed by atoms with Crippen molar-refractivity contribution in [3.8, 4) is 0 Å². The molecular weight excluding hydrogens is 333 g/mol. The molecule has 1 atom stereocenters. The fourth-order valence-electron chi connectivity index (χ4n) is 2.73. The Labute approximate surface area is 152 Å². The topological polar surface area (TPSA) is 44.4 Å². The molecule has 0 radical (unpaired) electrons. The number of nitrogens with one attached hydrogen (secondary N) is 2. The Balaban J connectivity index is 0.00000242. The van der Waals surface area contributed by atoms with Gasteiger partial charge >= 0.3 is 0 Å². The molecule has 132 valence electrons. The van der Waals surface area contributed by atoms with Gasteiger partial charge in [0.05, 0.1) is 6.04 Å². The van der Waals surface area contributed by atoms with Crippen molar-refractivity contribution < 1.29 is 4.79 Å². The molecule has 1 saturated heterocycles. The lowest BCUT2D eigenvalue weighted by atomic mass is 10.0. The first-order valence-electron chi connectivity index (χ1n) is 7.99. The highest BCUT2D eigenvalue weighted by atomic mass is 35.5. The van der Waals surface area contributed by atoms with Crippen molar-refractivity contribution in [3.63, 3.8) is 0 Å². The molecule has 1 aromatic rings. The first-order chi connectivity index (χ1) is 10.3. The minimum Gasteiger partial charge on any atom is -0.355 e. The summed E-state index contributed by atoms with van der Waals surface area (Å²) in [6.45, 7) is 3.68. The molecule has 0 spiro atoms. The van der Waals surface area contributed by atoms with E-state index in [1.54, 1.807) is 0 Å². The van der Waals surface area contributed by atoms with Gasteiger partial charge in [-0.05, 0) is 45.0 Å². The highest BCUT2D eigenvalue weighted by molar-refractivity contribution is 5.85. The second kappa shape index (κ2) is 12.6. The van der Waals surface area contributed by atoms with Crippen LogP contribution >= 0.6 is 24.8 Å². The van der Waals surface area contributed by atoms with E-state index in [4.69, 9.17) is 0 Å². The first kappa shape index (κ1) is 22.2. The number of halogens is 2. The zero-order valence-electron chi connectivity index (χ0n) is 13.8. The van der Waals surface area contributed by atoms with Crippen LogP contribution in [0.15, 0.2) is 30.3 Å². The summed E-state index contributed by atoms with van der Waals surface area (Å²) >= 11 is 0. The molecule has 1 heterocycles. The predicted octanol–water partition coefficient (Wildman–Crippen LogP) is 2.61. The van der Waals surface area contributed by atoms with Crippen LogP contribution in [0, 0.1) is 0 Å². The van der Waals surface area contributed by atoms with Crippen LogP contribution in [0.2, 0.25) is 0 Å². The van der Waals surface area contributed by atoms with Gasteiger partial charge in [0.1, 0.15) is 0 Å². The molecule has 4 nitrogen and oxygen atoms in total. The van der Waals surface area contributed by atoms with Gasteiger partial charge in [0.2, 0.25) is 5.91 Å². The van der Waals surface area contributed by atoms with Gasteiger partial charge in [0.15, 0.2) is 0 Å². The molecule has 1 amide bonds. The van der Waals surface area contributed by atoms with Gasteiger partial charge in [-0.3, -0.25) is 4.79 Å². The first-order valence-corrected chi connectivity index (χ1v) is 7.99. The van der Waals surface area contributed by atoms with E-state index in [1.807, 2.05) is 6.07 Å². The zero-order valence-corrected chi connectivity index (χ0v) is 15.4. The minimum absolute atomic E-state index is 0. The average molecular weight is 362 g/mol. The van der Waals surface area contributed by atoms with Crippen LogP contribution in [0.4, 0.5) is 0 Å². The van der Waals surface area contributed by atoms with Crippen LogP contribution in [0.3, 0.4) is 0 Å². The summed E-state index contributed by atoms with van der Waals surface area (Å²) < 4.78 is 0. The maximum Gasteiger partial charge on any atom is 0.237 e. The third-order valence-corrected chi connectivity index (χ3v) is 3.94. The van der Waals surface area contributed by atoms with E-state index in [0.717, 1.165) is 45.4 Å². The second-order valence-electron chi connectivity index (χ2n) is 5.87. The smallest absolute Gasteiger partial charge is 0.237 e. The third-order valence-electron chi connectivity index (χ3n) is 3.94. The van der Waals surface area contributed by atoms with Gasteiger partial charge in [-0.15, -0.1) is 24.8 Å². The summed E-state index contributed by atoms with van der Waals surface area (Å²) in [5.74, 6) is 0.167. The van der Waals surface area contributed by atoms with Crippen LogP contribution in [-0.2, 0) is 11.3 Å². The number of hydrogen-bond donors (Lipinski definition) is 2. The molecular formula is C17H29Cl2N3O. The van der Waals surface area contributed by atoms with Crippen molar-refractivity contribution in [2.45, 2.75) is 38.3 Å². The number of rotatable bonds is 7. The molecule has 1 aliphatic heterocycles. The van der Waals surface area contributed by atoms with Crippen LogP contribution in [0.5, 0.6) is 0 Å². The summed E-state index contributed by atoms with van der Waals surface area (Å²) in [5.41, 5.74) is 1.33. The Kier molecular flexibility index (Phi) is 12.1. The number of nitrogens with zero attached hydrogens (tertiary/aromatic N) is 1. The zero-order chi connectivity index (χ0) is 14.9. The number of amides is 1. The van der Waals surface area contributed by atoms with Gasteiger partial charge in [0, 0.05) is 13.1 Å². The van der Waals surface area contributed by atoms with Gasteiger partial charge < -0.3 is 15.5 Å². The SMILES string of the molecule is CN(CCCNC(=O)C1CCCCN1)Cc1ccccc1.Cl.Cl. The van der Waals surface area contributed by atoms with E-state index in [-0.39, 0.29) is 36.8 Å². The minimum atomic E-state index is 0. The molecule has 1 unspecified atom stereocenters. The monoisotopic (exact) mass is 361 g/mol. The van der Waals surface area contributed by atoms with Crippen molar-refractivity contribution in [1.82, 2.24) is 15.5 Å². The molecule has 1 fully saturated rings. The van der Waals surface area contributed by atoms with Crippen molar-refractivity contribution in [1.29, 1.82) is 0 Å². The molecule has 23 heavy (non-hydrogen) atoms. The van der Waals surface area contributed by atoms with E-state index >= 15 is 0 Å². The van der Waals surface area contributed by atoms with Gasteiger partial charge in [0.25, 0.3) is 0 Å². The standard InChI is InChI=1S/C17H27N3O.2ClH/c1-20(14-15-8-3-2-4-9-15)13-7-12-19-17(21)16-10-5-6-11-18-16;;/h2-4,8-9,16,18H,5-7,10-14H2,1H3,(H,19,21);2*1H. The molecule has 0 saturated carbocycles. The van der Waals surface area contributed by atoms with E-state index < -0.39 is 0 Å². The lowest BCUT2D eigenvalue weighted by molar-refractivity contribution is -0.123. The molecule has 2 N–H and O–H groups in total. The van der Waals surface area contributed by atoms with Crippen LogP contribution in [-0.4, -0.2) is 43.5 Å². The Bertz CT molecular complexity index is 425. The Morgan fingerprint density at radius 2 is 2.00 bits per heavy atom. The largest absolute Gasteiger partial charge is 0.355 e. The Hall–Kier alpha value is -0.810. The molecule has 1 aliphatic rings. The maximum absolute atomic E-state index is 11.9. The summed E-state index contributed by atoms with van der Waals surface area (Å²) in [7, 11) is 2.12. The number of benzene rings is 1. The molecule has 0 aliphatic carbocycles.